The Labute approximate surface area is 156 Å². The fraction of sp³-hybridized carbons (Fsp3) is 0.200. The zero-order valence-electron chi connectivity index (χ0n) is 14.6. The van der Waals surface area contributed by atoms with E-state index in [1.54, 1.807) is 19.1 Å². The molecular formula is C20H19ClN2O3. The number of anilines is 1. The maximum atomic E-state index is 12.2. The van der Waals surface area contributed by atoms with E-state index in [0.717, 1.165) is 17.5 Å². The number of carbonyl (C=O) groups is 1. The molecule has 0 bridgehead atoms. The van der Waals surface area contributed by atoms with E-state index < -0.39 is 6.09 Å². The summed E-state index contributed by atoms with van der Waals surface area (Å²) >= 11 is 6.07. The van der Waals surface area contributed by atoms with E-state index in [1.165, 1.54) is 5.56 Å². The van der Waals surface area contributed by atoms with E-state index >= 15 is 0 Å². The standard InChI is InChI=1S/C20H19ClN2O3/c1-3-14-8-10-15(11-9-14)19-18(13(2)23-26-19)22-20(24)25-12-16-6-4-5-7-17(16)21/h4-11H,3,12H2,1-2H3,(H,22,24). The molecule has 1 amide bonds. The largest absolute Gasteiger partial charge is 0.444 e. The van der Waals surface area contributed by atoms with E-state index in [-0.39, 0.29) is 6.61 Å². The molecule has 134 valence electrons. The van der Waals surface area contributed by atoms with Gasteiger partial charge in [0.2, 0.25) is 0 Å². The van der Waals surface area contributed by atoms with E-state index in [1.807, 2.05) is 36.4 Å². The number of ether oxygens (including phenoxy) is 1. The molecule has 0 radical (unpaired) electrons. The van der Waals surface area contributed by atoms with Crippen LogP contribution in [0.1, 0.15) is 23.7 Å². The fourth-order valence-corrected chi connectivity index (χ4v) is 2.69. The lowest BCUT2D eigenvalue weighted by atomic mass is 10.1. The zero-order valence-corrected chi connectivity index (χ0v) is 15.3. The number of amides is 1. The summed E-state index contributed by atoms with van der Waals surface area (Å²) in [6.07, 6.45) is 0.359. The van der Waals surface area contributed by atoms with Crippen molar-refractivity contribution in [1.82, 2.24) is 5.16 Å². The van der Waals surface area contributed by atoms with E-state index in [9.17, 15) is 4.79 Å². The first-order valence-corrected chi connectivity index (χ1v) is 8.69. The number of hydrogen-bond acceptors (Lipinski definition) is 4. The molecule has 0 atom stereocenters. The lowest BCUT2D eigenvalue weighted by molar-refractivity contribution is 0.155. The van der Waals surface area contributed by atoms with Crippen LogP contribution in [0.3, 0.4) is 0 Å². The van der Waals surface area contributed by atoms with Crippen molar-refractivity contribution >= 4 is 23.4 Å². The molecule has 1 heterocycles. The molecule has 0 saturated heterocycles. The minimum absolute atomic E-state index is 0.0797. The van der Waals surface area contributed by atoms with Crippen LogP contribution in [-0.2, 0) is 17.8 Å². The molecular weight excluding hydrogens is 352 g/mol. The first-order chi connectivity index (χ1) is 12.6. The molecule has 0 aliphatic carbocycles. The Morgan fingerprint density at radius 3 is 2.62 bits per heavy atom. The third-order valence-corrected chi connectivity index (χ3v) is 4.40. The van der Waals surface area contributed by atoms with Crippen LogP contribution in [-0.4, -0.2) is 11.2 Å². The summed E-state index contributed by atoms with van der Waals surface area (Å²) in [4.78, 5) is 12.2. The Morgan fingerprint density at radius 2 is 1.92 bits per heavy atom. The number of nitrogens with zero attached hydrogens (tertiary/aromatic N) is 1. The van der Waals surface area contributed by atoms with Gasteiger partial charge in [-0.1, -0.05) is 66.1 Å². The smallest absolute Gasteiger partial charge is 0.412 e. The molecule has 5 nitrogen and oxygen atoms in total. The highest BCUT2D eigenvalue weighted by Crippen LogP contribution is 2.31. The number of carbonyl (C=O) groups excluding carboxylic acids is 1. The minimum Gasteiger partial charge on any atom is -0.444 e. The van der Waals surface area contributed by atoms with Gasteiger partial charge in [0.25, 0.3) is 0 Å². The highest BCUT2D eigenvalue weighted by atomic mass is 35.5. The normalized spacial score (nSPS) is 10.6. The summed E-state index contributed by atoms with van der Waals surface area (Å²) < 4.78 is 10.7. The predicted octanol–water partition coefficient (Wildman–Crippen LogP) is 5.61. The number of nitrogens with one attached hydrogen (secondary N) is 1. The molecule has 1 aromatic heterocycles. The molecule has 2 aromatic carbocycles. The number of rotatable bonds is 5. The van der Waals surface area contributed by atoms with Crippen molar-refractivity contribution in [2.75, 3.05) is 5.32 Å². The van der Waals surface area contributed by atoms with Crippen LogP contribution in [0.2, 0.25) is 5.02 Å². The minimum atomic E-state index is -0.595. The van der Waals surface area contributed by atoms with E-state index in [2.05, 4.69) is 17.4 Å². The van der Waals surface area contributed by atoms with E-state index in [4.69, 9.17) is 20.9 Å². The second-order valence-corrected chi connectivity index (χ2v) is 6.22. The van der Waals surface area contributed by atoms with Crippen LogP contribution in [0.4, 0.5) is 10.5 Å². The average Bonchev–Trinajstić information content (AvgIpc) is 3.01. The van der Waals surface area contributed by atoms with Gasteiger partial charge in [0, 0.05) is 16.1 Å². The Morgan fingerprint density at radius 1 is 1.19 bits per heavy atom. The van der Waals surface area contributed by atoms with Crippen LogP contribution in [0, 0.1) is 6.92 Å². The molecule has 3 rings (SSSR count). The third-order valence-electron chi connectivity index (χ3n) is 4.03. The van der Waals surface area contributed by atoms with Crippen molar-refractivity contribution in [3.63, 3.8) is 0 Å². The molecule has 0 fully saturated rings. The summed E-state index contributed by atoms with van der Waals surface area (Å²) in [7, 11) is 0. The van der Waals surface area contributed by atoms with Crippen LogP contribution in [0.15, 0.2) is 53.1 Å². The van der Waals surface area contributed by atoms with Gasteiger partial charge in [-0.25, -0.2) is 4.79 Å². The van der Waals surface area contributed by atoms with Crippen LogP contribution in [0.25, 0.3) is 11.3 Å². The second-order valence-electron chi connectivity index (χ2n) is 5.82. The molecule has 1 N–H and O–H groups in total. The van der Waals surface area contributed by atoms with Crippen molar-refractivity contribution in [2.24, 2.45) is 0 Å². The topological polar surface area (TPSA) is 64.4 Å². The lowest BCUT2D eigenvalue weighted by Gasteiger charge is -2.08. The van der Waals surface area contributed by atoms with Gasteiger partial charge in [0.05, 0.1) is 0 Å². The summed E-state index contributed by atoms with van der Waals surface area (Å²) in [6.45, 7) is 3.93. The van der Waals surface area contributed by atoms with Gasteiger partial charge in [0.15, 0.2) is 5.76 Å². The lowest BCUT2D eigenvalue weighted by Crippen LogP contribution is -2.14. The molecule has 0 saturated carbocycles. The van der Waals surface area contributed by atoms with Crippen LogP contribution >= 0.6 is 11.6 Å². The van der Waals surface area contributed by atoms with Crippen molar-refractivity contribution in [3.05, 3.63) is 70.4 Å². The number of halogens is 1. The fourth-order valence-electron chi connectivity index (χ4n) is 2.50. The van der Waals surface area contributed by atoms with Gasteiger partial charge in [0.1, 0.15) is 18.0 Å². The maximum absolute atomic E-state index is 12.2. The molecule has 0 aliphatic rings. The first kappa shape index (κ1) is 18.0. The highest BCUT2D eigenvalue weighted by molar-refractivity contribution is 6.31. The first-order valence-electron chi connectivity index (χ1n) is 8.31. The van der Waals surface area contributed by atoms with Gasteiger partial charge in [-0.3, -0.25) is 5.32 Å². The monoisotopic (exact) mass is 370 g/mol. The summed E-state index contributed by atoms with van der Waals surface area (Å²) in [5.74, 6) is 0.500. The van der Waals surface area contributed by atoms with Crippen molar-refractivity contribution in [1.29, 1.82) is 0 Å². The molecule has 3 aromatic rings. The molecule has 0 spiro atoms. The molecule has 0 aliphatic heterocycles. The van der Waals surface area contributed by atoms with Gasteiger partial charge >= 0.3 is 6.09 Å². The molecule has 6 heteroatoms. The van der Waals surface area contributed by atoms with Gasteiger partial charge in [-0.2, -0.15) is 0 Å². The summed E-state index contributed by atoms with van der Waals surface area (Å²) in [5, 5.41) is 7.22. The highest BCUT2D eigenvalue weighted by Gasteiger charge is 2.18. The quantitative estimate of drug-likeness (QED) is 0.633. The van der Waals surface area contributed by atoms with E-state index in [0.29, 0.717) is 22.2 Å². The molecule has 26 heavy (non-hydrogen) atoms. The average molecular weight is 371 g/mol. The maximum Gasteiger partial charge on any atom is 0.412 e. The summed E-state index contributed by atoms with van der Waals surface area (Å²) in [5.41, 5.74) is 3.87. The zero-order chi connectivity index (χ0) is 18.5. The number of aryl methyl sites for hydroxylation is 2. The van der Waals surface area contributed by atoms with Crippen LogP contribution in [0.5, 0.6) is 0 Å². The van der Waals surface area contributed by atoms with Gasteiger partial charge in [-0.15, -0.1) is 0 Å². The van der Waals surface area contributed by atoms with Gasteiger partial charge in [-0.05, 0) is 25.0 Å². The van der Waals surface area contributed by atoms with Crippen molar-refractivity contribution in [3.8, 4) is 11.3 Å². The third kappa shape index (κ3) is 4.06. The van der Waals surface area contributed by atoms with Crippen LogP contribution < -0.4 is 5.32 Å². The summed E-state index contributed by atoms with van der Waals surface area (Å²) in [6, 6.07) is 15.1. The SMILES string of the molecule is CCc1ccc(-c2onc(C)c2NC(=O)OCc2ccccc2Cl)cc1. The number of aromatic nitrogens is 1. The van der Waals surface area contributed by atoms with Crippen molar-refractivity contribution < 1.29 is 14.1 Å². The van der Waals surface area contributed by atoms with Crippen molar-refractivity contribution in [2.45, 2.75) is 26.9 Å². The molecule has 0 unspecified atom stereocenters. The second kappa shape index (κ2) is 8.06. The number of hydrogen-bond donors (Lipinski definition) is 1. The Hall–Kier alpha value is -2.79. The Bertz CT molecular complexity index is 904. The number of benzene rings is 2. The Kier molecular flexibility index (Phi) is 5.58. The van der Waals surface area contributed by atoms with Gasteiger partial charge < -0.3 is 9.26 Å². The predicted molar refractivity (Wildman–Crippen MR) is 101 cm³/mol. The Balaban J connectivity index is 1.72.